The molecule has 5 aromatic carbocycles. The second-order valence-electron chi connectivity index (χ2n) is 20.7. The summed E-state index contributed by atoms with van der Waals surface area (Å²) in [5.41, 5.74) is 9.10. The molecule has 0 saturated carbocycles. The van der Waals surface area contributed by atoms with Crippen LogP contribution in [0, 0.1) is 11.8 Å². The van der Waals surface area contributed by atoms with E-state index in [0.717, 1.165) is 92.2 Å². The first-order valence-electron chi connectivity index (χ1n) is 29.0. The highest BCUT2D eigenvalue weighted by atomic mass is 16.6. The van der Waals surface area contributed by atoms with Crippen molar-refractivity contribution in [3.8, 4) is 34.5 Å². The van der Waals surface area contributed by atoms with Crippen molar-refractivity contribution in [1.82, 2.24) is 0 Å². The van der Waals surface area contributed by atoms with Gasteiger partial charge < -0.3 is 37.9 Å². The van der Waals surface area contributed by atoms with E-state index in [0.29, 0.717) is 103 Å². The third-order valence-corrected chi connectivity index (χ3v) is 14.9. The Balaban J connectivity index is 1.27. The summed E-state index contributed by atoms with van der Waals surface area (Å²) in [6.07, 6.45) is 22.4. The first-order valence-corrected chi connectivity index (χ1v) is 29.0. The fraction of sp³-hybridized carbons (Fsp3) is 0.545. The van der Waals surface area contributed by atoms with Crippen LogP contribution in [-0.4, -0.2) is 66.1 Å². The number of fused-ring (bicyclic) bond motifs is 12. The van der Waals surface area contributed by atoms with Crippen LogP contribution in [0.3, 0.4) is 0 Å². The number of hydrogen-bond donors (Lipinski definition) is 0. The maximum atomic E-state index is 7.08. The SMILES string of the molecule is CCCCC(CCCC)CCCOc1c2cccc1Cc1cccc3c1OCCOCCOc1ccccc1OCCOCCOc1c(cccc1Cc1cccc(c1OCCCC(CCCC)CCCC)C3)C2. The van der Waals surface area contributed by atoms with E-state index in [2.05, 4.69) is 100 Å². The third kappa shape index (κ3) is 17.7. The van der Waals surface area contributed by atoms with Crippen molar-refractivity contribution in [3.05, 3.63) is 142 Å². The molecule has 402 valence electrons. The zero-order valence-electron chi connectivity index (χ0n) is 45.9. The fourth-order valence-electron chi connectivity index (χ4n) is 10.9. The minimum atomic E-state index is 0.383. The molecule has 2 aliphatic heterocycles. The molecule has 0 fully saturated rings. The van der Waals surface area contributed by atoms with Gasteiger partial charge >= 0.3 is 0 Å². The lowest BCUT2D eigenvalue weighted by atomic mass is 9.91. The highest BCUT2D eigenvalue weighted by Gasteiger charge is 2.23. The molecular formula is C66H90O8. The summed E-state index contributed by atoms with van der Waals surface area (Å²) in [4.78, 5) is 0. The van der Waals surface area contributed by atoms with E-state index in [1.54, 1.807) is 0 Å². The van der Waals surface area contributed by atoms with Gasteiger partial charge in [-0.25, -0.2) is 0 Å². The molecule has 1 aliphatic carbocycles. The van der Waals surface area contributed by atoms with Crippen molar-refractivity contribution in [1.29, 1.82) is 0 Å². The van der Waals surface area contributed by atoms with Gasteiger partial charge in [-0.15, -0.1) is 0 Å². The van der Waals surface area contributed by atoms with Gasteiger partial charge in [0.25, 0.3) is 0 Å². The average molecular weight is 1010 g/mol. The standard InChI is InChI=1S/C66H90O8/c1-5-9-21-51(22-10-6-2)25-19-37-71-63-53-27-15-28-54(63)48-58-32-18-34-60-50-56-30-16-29-55(64(56)72-38-20-26-52(23-11-7-3)24-12-8-4)49-59-33-17-31-57(47-53)65(59)73-45-41-67-39-43-69-61-35-13-14-36-62(61)70-44-40-68-42-46-74-66(58)60/h13-18,27-36,51-52H,5-12,19-26,37-50H2,1-4H3. The summed E-state index contributed by atoms with van der Waals surface area (Å²) in [5, 5.41) is 0. The van der Waals surface area contributed by atoms with E-state index in [9.17, 15) is 0 Å². The molecule has 10 bridgehead atoms. The Labute approximate surface area is 446 Å². The van der Waals surface area contributed by atoms with Crippen molar-refractivity contribution in [2.45, 2.75) is 156 Å². The summed E-state index contributed by atoms with van der Waals surface area (Å²) >= 11 is 0. The first-order chi connectivity index (χ1) is 36.6. The number of benzene rings is 5. The fourth-order valence-corrected chi connectivity index (χ4v) is 10.9. The van der Waals surface area contributed by atoms with E-state index in [4.69, 9.17) is 37.9 Å². The van der Waals surface area contributed by atoms with Crippen LogP contribution in [0.15, 0.2) is 97.1 Å². The molecule has 8 heteroatoms. The van der Waals surface area contributed by atoms with Crippen molar-refractivity contribution in [2.24, 2.45) is 11.8 Å². The lowest BCUT2D eigenvalue weighted by Crippen LogP contribution is -2.14. The predicted molar refractivity (Wildman–Crippen MR) is 302 cm³/mol. The zero-order valence-corrected chi connectivity index (χ0v) is 45.9. The van der Waals surface area contributed by atoms with Gasteiger partial charge in [0.1, 0.15) is 49.4 Å². The second-order valence-corrected chi connectivity index (χ2v) is 20.7. The van der Waals surface area contributed by atoms with E-state index >= 15 is 0 Å². The summed E-state index contributed by atoms with van der Waals surface area (Å²) in [5.74, 6) is 6.59. The molecule has 0 amide bonds. The van der Waals surface area contributed by atoms with E-state index in [1.807, 2.05) is 24.3 Å². The van der Waals surface area contributed by atoms with Gasteiger partial charge in [0, 0.05) is 25.7 Å². The largest absolute Gasteiger partial charge is 0.493 e. The number of unbranched alkanes of at least 4 members (excludes halogenated alkanes) is 4. The second kappa shape index (κ2) is 32.3. The predicted octanol–water partition coefficient (Wildman–Crippen LogP) is 15.9. The van der Waals surface area contributed by atoms with Crippen LogP contribution >= 0.6 is 0 Å². The van der Waals surface area contributed by atoms with Gasteiger partial charge in [-0.05, 0) is 94.2 Å². The van der Waals surface area contributed by atoms with Crippen LogP contribution in [0.1, 0.15) is 175 Å². The Kier molecular flexibility index (Phi) is 24.7. The summed E-state index contributed by atoms with van der Waals surface area (Å²) in [7, 11) is 0. The monoisotopic (exact) mass is 1010 g/mol. The van der Waals surface area contributed by atoms with E-state index < -0.39 is 0 Å². The van der Waals surface area contributed by atoms with Crippen molar-refractivity contribution < 1.29 is 37.9 Å². The highest BCUT2D eigenvalue weighted by Crippen LogP contribution is 2.40. The molecule has 0 saturated heterocycles. The molecule has 2 heterocycles. The van der Waals surface area contributed by atoms with Gasteiger partial charge in [0.15, 0.2) is 11.5 Å². The van der Waals surface area contributed by atoms with Crippen LogP contribution in [-0.2, 0) is 35.2 Å². The Hall–Kier alpha value is -5.18. The molecule has 5 aromatic rings. The van der Waals surface area contributed by atoms with Crippen molar-refractivity contribution in [2.75, 3.05) is 66.1 Å². The van der Waals surface area contributed by atoms with Gasteiger partial charge in [-0.3, -0.25) is 0 Å². The molecular weight excluding hydrogens is 921 g/mol. The van der Waals surface area contributed by atoms with Crippen molar-refractivity contribution >= 4 is 0 Å². The summed E-state index contributed by atoms with van der Waals surface area (Å²) in [6.45, 7) is 13.8. The molecule has 8 rings (SSSR count). The number of ether oxygens (including phenoxy) is 8. The normalized spacial score (nSPS) is 14.6. The van der Waals surface area contributed by atoms with E-state index in [-0.39, 0.29) is 0 Å². The molecule has 74 heavy (non-hydrogen) atoms. The number of hydrogen-bond acceptors (Lipinski definition) is 8. The average Bonchev–Trinajstić information content (AvgIpc) is 3.41. The zero-order chi connectivity index (χ0) is 51.4. The Morgan fingerprint density at radius 2 is 0.635 bits per heavy atom. The minimum absolute atomic E-state index is 0.383. The maximum Gasteiger partial charge on any atom is 0.161 e. The number of rotatable bonds is 22. The smallest absolute Gasteiger partial charge is 0.161 e. The van der Waals surface area contributed by atoms with Crippen LogP contribution in [0.5, 0.6) is 34.5 Å². The Bertz CT molecular complexity index is 2110. The van der Waals surface area contributed by atoms with Gasteiger partial charge in [-0.1, -0.05) is 190 Å². The topological polar surface area (TPSA) is 73.8 Å². The van der Waals surface area contributed by atoms with Gasteiger partial charge in [-0.2, -0.15) is 0 Å². The van der Waals surface area contributed by atoms with Crippen LogP contribution in [0.25, 0.3) is 0 Å². The van der Waals surface area contributed by atoms with Crippen molar-refractivity contribution in [3.63, 3.8) is 0 Å². The quantitative estimate of drug-likeness (QED) is 0.0492. The molecule has 0 radical (unpaired) electrons. The van der Waals surface area contributed by atoms with Crippen LogP contribution in [0.4, 0.5) is 0 Å². The molecule has 0 spiro atoms. The molecule has 0 atom stereocenters. The molecule has 0 N–H and O–H groups in total. The number of para-hydroxylation sites is 6. The van der Waals surface area contributed by atoms with Crippen LogP contribution < -0.4 is 28.4 Å². The molecule has 0 unspecified atom stereocenters. The molecule has 8 nitrogen and oxygen atoms in total. The molecule has 3 aliphatic rings. The molecule has 0 aromatic heterocycles. The van der Waals surface area contributed by atoms with E-state index in [1.165, 1.54) is 89.9 Å². The van der Waals surface area contributed by atoms with Gasteiger partial charge in [0.2, 0.25) is 0 Å². The third-order valence-electron chi connectivity index (χ3n) is 14.9. The Morgan fingerprint density at radius 1 is 0.338 bits per heavy atom. The Morgan fingerprint density at radius 3 is 0.959 bits per heavy atom. The summed E-state index contributed by atoms with van der Waals surface area (Å²) < 4.78 is 52.7. The highest BCUT2D eigenvalue weighted by molar-refractivity contribution is 5.56. The lowest BCUT2D eigenvalue weighted by Gasteiger charge is -2.23. The van der Waals surface area contributed by atoms with Crippen LogP contribution in [0.2, 0.25) is 0 Å². The van der Waals surface area contributed by atoms with Gasteiger partial charge in [0.05, 0.1) is 39.6 Å². The first kappa shape index (κ1) is 56.5. The summed E-state index contributed by atoms with van der Waals surface area (Å²) in [6, 6.07) is 34.4. The maximum absolute atomic E-state index is 7.08. The minimum Gasteiger partial charge on any atom is -0.493 e. The lowest BCUT2D eigenvalue weighted by molar-refractivity contribution is 0.0695.